The van der Waals surface area contributed by atoms with Crippen LogP contribution in [0.4, 0.5) is 0 Å². The fourth-order valence-electron chi connectivity index (χ4n) is 2.31. The van der Waals surface area contributed by atoms with Gasteiger partial charge in [-0.3, -0.25) is 4.79 Å². The third-order valence-corrected chi connectivity index (χ3v) is 4.63. The van der Waals surface area contributed by atoms with Gasteiger partial charge in [-0.25, -0.2) is 20.1 Å². The van der Waals surface area contributed by atoms with Crippen LogP contribution in [-0.4, -0.2) is 31.8 Å². The SMILES string of the molecule is CCCOc1ncc(-c2n[nH]c(=O)cc2Cc2cnc(CC)s2)cn1. The van der Waals surface area contributed by atoms with Gasteiger partial charge in [0.25, 0.3) is 5.56 Å². The molecule has 0 aliphatic carbocycles. The van der Waals surface area contributed by atoms with E-state index in [-0.39, 0.29) is 5.56 Å². The van der Waals surface area contributed by atoms with Crippen LogP contribution < -0.4 is 10.3 Å². The minimum absolute atomic E-state index is 0.234. The molecule has 0 aromatic carbocycles. The maximum atomic E-state index is 11.7. The van der Waals surface area contributed by atoms with Crippen LogP contribution in [0.15, 0.2) is 29.5 Å². The Morgan fingerprint density at radius 2 is 1.96 bits per heavy atom. The van der Waals surface area contributed by atoms with E-state index in [1.165, 1.54) is 0 Å². The van der Waals surface area contributed by atoms with Gasteiger partial charge in [-0.2, -0.15) is 5.10 Å². The molecule has 25 heavy (non-hydrogen) atoms. The molecule has 0 saturated carbocycles. The van der Waals surface area contributed by atoms with Gasteiger partial charge in [-0.05, 0) is 18.4 Å². The van der Waals surface area contributed by atoms with Crippen molar-refractivity contribution in [2.24, 2.45) is 0 Å². The Labute approximate surface area is 149 Å². The Morgan fingerprint density at radius 1 is 1.16 bits per heavy atom. The molecule has 7 nitrogen and oxygen atoms in total. The number of H-pyrrole nitrogens is 1. The summed E-state index contributed by atoms with van der Waals surface area (Å²) in [5.74, 6) is 0. The third kappa shape index (κ3) is 4.27. The van der Waals surface area contributed by atoms with Crippen molar-refractivity contribution in [3.05, 3.63) is 50.5 Å². The molecular formula is C17H19N5O2S. The first-order valence-electron chi connectivity index (χ1n) is 8.17. The molecule has 0 spiro atoms. The molecule has 0 radical (unpaired) electrons. The van der Waals surface area contributed by atoms with Crippen molar-refractivity contribution >= 4 is 11.3 Å². The van der Waals surface area contributed by atoms with Crippen LogP contribution >= 0.6 is 11.3 Å². The highest BCUT2D eigenvalue weighted by Crippen LogP contribution is 2.24. The summed E-state index contributed by atoms with van der Waals surface area (Å²) in [5, 5.41) is 7.75. The Morgan fingerprint density at radius 3 is 2.64 bits per heavy atom. The second kappa shape index (κ2) is 7.98. The highest BCUT2D eigenvalue weighted by atomic mass is 32.1. The van der Waals surface area contributed by atoms with Gasteiger partial charge in [0.05, 0.1) is 17.3 Å². The summed E-state index contributed by atoms with van der Waals surface area (Å²) in [6.45, 7) is 4.67. The number of hydrogen-bond acceptors (Lipinski definition) is 7. The van der Waals surface area contributed by atoms with E-state index in [2.05, 4.69) is 32.1 Å². The largest absolute Gasteiger partial charge is 0.463 e. The second-order valence-electron chi connectivity index (χ2n) is 5.46. The van der Waals surface area contributed by atoms with Crippen molar-refractivity contribution < 1.29 is 4.74 Å². The zero-order valence-electron chi connectivity index (χ0n) is 14.2. The van der Waals surface area contributed by atoms with Crippen molar-refractivity contribution in [3.8, 4) is 17.3 Å². The second-order valence-corrected chi connectivity index (χ2v) is 6.66. The topological polar surface area (TPSA) is 93.7 Å². The number of nitrogens with one attached hydrogen (secondary N) is 1. The molecule has 0 bridgehead atoms. The summed E-state index contributed by atoms with van der Waals surface area (Å²) >= 11 is 1.65. The molecule has 0 aliphatic rings. The smallest absolute Gasteiger partial charge is 0.316 e. The normalized spacial score (nSPS) is 10.8. The van der Waals surface area contributed by atoms with Gasteiger partial charge in [-0.15, -0.1) is 11.3 Å². The van der Waals surface area contributed by atoms with Gasteiger partial charge in [0.1, 0.15) is 0 Å². The van der Waals surface area contributed by atoms with E-state index in [0.717, 1.165) is 33.9 Å². The van der Waals surface area contributed by atoms with Gasteiger partial charge in [-0.1, -0.05) is 13.8 Å². The van der Waals surface area contributed by atoms with Crippen LogP contribution in [0.2, 0.25) is 0 Å². The molecule has 0 aliphatic heterocycles. The molecule has 0 saturated heterocycles. The molecule has 3 aromatic rings. The maximum Gasteiger partial charge on any atom is 0.316 e. The van der Waals surface area contributed by atoms with E-state index in [4.69, 9.17) is 4.74 Å². The van der Waals surface area contributed by atoms with E-state index in [9.17, 15) is 4.79 Å². The fourth-order valence-corrected chi connectivity index (χ4v) is 3.20. The molecule has 3 heterocycles. The summed E-state index contributed by atoms with van der Waals surface area (Å²) in [6, 6.07) is 1.90. The minimum Gasteiger partial charge on any atom is -0.463 e. The molecular weight excluding hydrogens is 338 g/mol. The quantitative estimate of drug-likeness (QED) is 0.698. The van der Waals surface area contributed by atoms with E-state index in [1.807, 2.05) is 13.1 Å². The molecule has 0 atom stereocenters. The highest BCUT2D eigenvalue weighted by molar-refractivity contribution is 7.11. The Hall–Kier alpha value is -2.61. The maximum absolute atomic E-state index is 11.7. The van der Waals surface area contributed by atoms with Gasteiger partial charge in [0.15, 0.2) is 0 Å². The van der Waals surface area contributed by atoms with E-state index in [1.54, 1.807) is 29.8 Å². The van der Waals surface area contributed by atoms with Gasteiger partial charge < -0.3 is 4.74 Å². The number of ether oxygens (including phenoxy) is 1. The van der Waals surface area contributed by atoms with Crippen molar-refractivity contribution in [1.82, 2.24) is 25.1 Å². The number of aryl methyl sites for hydroxylation is 1. The zero-order chi connectivity index (χ0) is 17.6. The lowest BCUT2D eigenvalue weighted by Crippen LogP contribution is -2.11. The number of hydrogen-bond donors (Lipinski definition) is 1. The van der Waals surface area contributed by atoms with Crippen LogP contribution in [-0.2, 0) is 12.8 Å². The van der Waals surface area contributed by atoms with Crippen molar-refractivity contribution in [2.45, 2.75) is 33.1 Å². The average molecular weight is 357 g/mol. The number of aromatic nitrogens is 5. The van der Waals surface area contributed by atoms with Crippen LogP contribution in [0.5, 0.6) is 6.01 Å². The minimum atomic E-state index is -0.234. The first kappa shape index (κ1) is 17.2. The summed E-state index contributed by atoms with van der Waals surface area (Å²) in [4.78, 5) is 25.6. The predicted molar refractivity (Wildman–Crippen MR) is 96.0 cm³/mol. The Bertz CT molecular complexity index is 889. The molecule has 3 aromatic heterocycles. The van der Waals surface area contributed by atoms with Crippen LogP contribution in [0.3, 0.4) is 0 Å². The number of aromatic amines is 1. The van der Waals surface area contributed by atoms with Gasteiger partial charge in [0, 0.05) is 41.5 Å². The average Bonchev–Trinajstić information content (AvgIpc) is 3.08. The Kier molecular flexibility index (Phi) is 5.49. The van der Waals surface area contributed by atoms with Crippen LogP contribution in [0, 0.1) is 0 Å². The lowest BCUT2D eigenvalue weighted by molar-refractivity contribution is 0.292. The molecule has 130 valence electrons. The highest BCUT2D eigenvalue weighted by Gasteiger charge is 2.12. The van der Waals surface area contributed by atoms with Crippen molar-refractivity contribution in [3.63, 3.8) is 0 Å². The van der Waals surface area contributed by atoms with Crippen LogP contribution in [0.1, 0.15) is 35.7 Å². The molecule has 0 amide bonds. The van der Waals surface area contributed by atoms with Gasteiger partial charge in [0.2, 0.25) is 0 Å². The summed E-state index contributed by atoms with van der Waals surface area (Å²) in [5.41, 5.74) is 1.98. The Balaban J connectivity index is 1.89. The molecule has 3 rings (SSSR count). The first-order chi connectivity index (χ1) is 12.2. The molecule has 0 fully saturated rings. The lowest BCUT2D eigenvalue weighted by Gasteiger charge is -2.07. The van der Waals surface area contributed by atoms with Crippen molar-refractivity contribution in [2.75, 3.05) is 6.61 Å². The van der Waals surface area contributed by atoms with E-state index >= 15 is 0 Å². The fraction of sp³-hybridized carbons (Fsp3) is 0.353. The van der Waals surface area contributed by atoms with Gasteiger partial charge >= 0.3 is 6.01 Å². The van der Waals surface area contributed by atoms with E-state index in [0.29, 0.717) is 24.7 Å². The first-order valence-corrected chi connectivity index (χ1v) is 8.98. The summed E-state index contributed by atoms with van der Waals surface area (Å²) in [7, 11) is 0. The number of rotatable bonds is 7. The van der Waals surface area contributed by atoms with Crippen LogP contribution in [0.25, 0.3) is 11.3 Å². The standard InChI is InChI=1S/C17H19N5O2S/c1-3-5-24-17-19-8-12(9-20-17)16-11(7-14(23)21-22-16)6-13-10-18-15(4-2)25-13/h7-10H,3-6H2,1-2H3,(H,21,23). The monoisotopic (exact) mass is 357 g/mol. The zero-order valence-corrected chi connectivity index (χ0v) is 15.0. The molecule has 1 N–H and O–H groups in total. The summed E-state index contributed by atoms with van der Waals surface area (Å²) < 4.78 is 5.40. The number of thiazole rings is 1. The molecule has 0 unspecified atom stereocenters. The third-order valence-electron chi connectivity index (χ3n) is 3.49. The lowest BCUT2D eigenvalue weighted by atomic mass is 10.1. The van der Waals surface area contributed by atoms with E-state index < -0.39 is 0 Å². The molecule has 8 heteroatoms. The predicted octanol–water partition coefficient (Wildman–Crippen LogP) is 2.63. The number of nitrogens with zero attached hydrogens (tertiary/aromatic N) is 4. The van der Waals surface area contributed by atoms with Crippen molar-refractivity contribution in [1.29, 1.82) is 0 Å². The summed E-state index contributed by atoms with van der Waals surface area (Å²) in [6.07, 6.45) is 7.56.